The quantitative estimate of drug-likeness (QED) is 0.234. The number of thioether (sulfide) groups is 1. The topological polar surface area (TPSA) is 92.2 Å². The van der Waals surface area contributed by atoms with Gasteiger partial charge in [-0.15, -0.1) is 0 Å². The minimum absolute atomic E-state index is 0.0887. The van der Waals surface area contributed by atoms with Crippen LogP contribution in [-0.2, 0) is 4.79 Å². The van der Waals surface area contributed by atoms with E-state index in [1.165, 1.54) is 17.8 Å². The SMILES string of the molecule is O=C1N=C(N2CCN(c3ccccc3[N+](=O)[O-])CC2)S/C1=C/c1ccc(-c2cc(Cl)ccc2Cl)o1. The Hall–Kier alpha value is -3.27. The van der Waals surface area contributed by atoms with E-state index in [-0.39, 0.29) is 16.5 Å². The summed E-state index contributed by atoms with van der Waals surface area (Å²) in [5.74, 6) is 0.724. The molecular weight excluding hydrogens is 511 g/mol. The van der Waals surface area contributed by atoms with Crippen LogP contribution in [0.1, 0.15) is 5.76 Å². The maximum Gasteiger partial charge on any atom is 0.292 e. The van der Waals surface area contributed by atoms with E-state index in [4.69, 9.17) is 27.6 Å². The molecule has 0 spiro atoms. The van der Waals surface area contributed by atoms with Crippen LogP contribution in [0.2, 0.25) is 10.0 Å². The summed E-state index contributed by atoms with van der Waals surface area (Å²) in [5.41, 5.74) is 1.36. The van der Waals surface area contributed by atoms with Gasteiger partial charge in [-0.05, 0) is 48.2 Å². The van der Waals surface area contributed by atoms with Gasteiger partial charge in [0.15, 0.2) is 5.17 Å². The number of carbonyl (C=O) groups excluding carboxylic acids is 1. The van der Waals surface area contributed by atoms with Gasteiger partial charge in [0.05, 0.1) is 14.9 Å². The fourth-order valence-electron chi connectivity index (χ4n) is 3.95. The first-order valence-corrected chi connectivity index (χ1v) is 12.3. The molecule has 0 atom stereocenters. The highest BCUT2D eigenvalue weighted by atomic mass is 35.5. The largest absolute Gasteiger partial charge is 0.457 e. The number of anilines is 1. The Kier molecular flexibility index (Phi) is 6.55. The van der Waals surface area contributed by atoms with Gasteiger partial charge in [-0.3, -0.25) is 14.9 Å². The van der Waals surface area contributed by atoms with Gasteiger partial charge < -0.3 is 14.2 Å². The molecule has 35 heavy (non-hydrogen) atoms. The number of hydrogen-bond acceptors (Lipinski definition) is 7. The molecule has 1 saturated heterocycles. The second-order valence-electron chi connectivity index (χ2n) is 7.86. The van der Waals surface area contributed by atoms with E-state index >= 15 is 0 Å². The van der Waals surface area contributed by atoms with Crippen LogP contribution in [0.4, 0.5) is 11.4 Å². The normalized spacial score (nSPS) is 17.3. The lowest BCUT2D eigenvalue weighted by Gasteiger charge is -2.36. The number of nitrogens with zero attached hydrogens (tertiary/aromatic N) is 4. The van der Waals surface area contributed by atoms with Crippen molar-refractivity contribution < 1.29 is 14.1 Å². The molecule has 1 amide bonds. The van der Waals surface area contributed by atoms with Crippen molar-refractivity contribution in [2.45, 2.75) is 0 Å². The Morgan fingerprint density at radius 2 is 1.77 bits per heavy atom. The number of halogens is 2. The molecule has 178 valence electrons. The first-order chi connectivity index (χ1) is 16.9. The molecule has 0 aliphatic carbocycles. The third-order valence-electron chi connectivity index (χ3n) is 5.67. The molecule has 0 saturated carbocycles. The number of rotatable bonds is 4. The average Bonchev–Trinajstić information content (AvgIpc) is 3.47. The van der Waals surface area contributed by atoms with Crippen LogP contribution in [0.15, 0.2) is 68.9 Å². The summed E-state index contributed by atoms with van der Waals surface area (Å²) in [4.78, 5) is 32.2. The molecule has 2 aliphatic rings. The first kappa shape index (κ1) is 23.5. The van der Waals surface area contributed by atoms with E-state index in [0.29, 0.717) is 69.1 Å². The van der Waals surface area contributed by atoms with Crippen LogP contribution < -0.4 is 4.90 Å². The number of piperazine rings is 1. The van der Waals surface area contributed by atoms with Crippen LogP contribution in [0, 0.1) is 10.1 Å². The molecule has 0 unspecified atom stereocenters. The molecule has 11 heteroatoms. The number of aliphatic imine (C=N–C) groups is 1. The molecule has 8 nitrogen and oxygen atoms in total. The van der Waals surface area contributed by atoms with Gasteiger partial charge in [-0.2, -0.15) is 4.99 Å². The minimum atomic E-state index is -0.366. The molecule has 1 fully saturated rings. The number of benzene rings is 2. The fraction of sp³-hybridized carbons (Fsp3) is 0.167. The van der Waals surface area contributed by atoms with Crippen LogP contribution in [-0.4, -0.2) is 47.1 Å². The number of amides is 1. The van der Waals surface area contributed by atoms with Gasteiger partial charge in [0.1, 0.15) is 17.2 Å². The zero-order valence-corrected chi connectivity index (χ0v) is 20.5. The summed E-state index contributed by atoms with van der Waals surface area (Å²) < 4.78 is 5.88. The van der Waals surface area contributed by atoms with Crippen LogP contribution in [0.5, 0.6) is 0 Å². The fourth-order valence-corrected chi connectivity index (χ4v) is 5.28. The van der Waals surface area contributed by atoms with Crippen molar-refractivity contribution >= 4 is 63.5 Å². The Morgan fingerprint density at radius 3 is 2.54 bits per heavy atom. The molecule has 3 aromatic rings. The minimum Gasteiger partial charge on any atom is -0.457 e. The molecule has 2 aromatic carbocycles. The maximum absolute atomic E-state index is 12.5. The molecule has 3 heterocycles. The summed E-state index contributed by atoms with van der Waals surface area (Å²) in [6, 6.07) is 15.4. The van der Waals surface area contributed by atoms with Gasteiger partial charge in [0, 0.05) is 48.9 Å². The molecular formula is C24H18Cl2N4O4S. The number of nitro benzene ring substituents is 1. The van der Waals surface area contributed by atoms with Gasteiger partial charge >= 0.3 is 0 Å². The zero-order valence-electron chi connectivity index (χ0n) is 18.2. The van der Waals surface area contributed by atoms with Crippen LogP contribution >= 0.6 is 35.0 Å². The number of para-hydroxylation sites is 2. The Bertz CT molecular complexity index is 1380. The monoisotopic (exact) mass is 528 g/mol. The lowest BCUT2D eigenvalue weighted by molar-refractivity contribution is -0.384. The third kappa shape index (κ3) is 4.93. The summed E-state index contributed by atoms with van der Waals surface area (Å²) >= 11 is 13.6. The van der Waals surface area contributed by atoms with E-state index in [0.717, 1.165) is 0 Å². The second kappa shape index (κ2) is 9.77. The number of amidine groups is 1. The number of hydrogen-bond donors (Lipinski definition) is 0. The van der Waals surface area contributed by atoms with Gasteiger partial charge in [-0.25, -0.2) is 0 Å². The van der Waals surface area contributed by atoms with E-state index in [1.807, 2.05) is 9.80 Å². The summed E-state index contributed by atoms with van der Waals surface area (Å²) in [5, 5.41) is 13.0. The summed E-state index contributed by atoms with van der Waals surface area (Å²) in [6.07, 6.45) is 1.66. The van der Waals surface area contributed by atoms with Crippen molar-refractivity contribution in [2.24, 2.45) is 4.99 Å². The van der Waals surface area contributed by atoms with Crippen molar-refractivity contribution in [1.82, 2.24) is 4.90 Å². The van der Waals surface area contributed by atoms with Gasteiger partial charge in [0.25, 0.3) is 11.6 Å². The Morgan fingerprint density at radius 1 is 1.03 bits per heavy atom. The highest BCUT2D eigenvalue weighted by molar-refractivity contribution is 8.18. The molecule has 0 radical (unpaired) electrons. The van der Waals surface area contributed by atoms with Crippen LogP contribution in [0.25, 0.3) is 17.4 Å². The van der Waals surface area contributed by atoms with E-state index in [9.17, 15) is 14.9 Å². The number of nitro groups is 1. The van der Waals surface area contributed by atoms with E-state index in [2.05, 4.69) is 4.99 Å². The third-order valence-corrected chi connectivity index (χ3v) is 7.28. The van der Waals surface area contributed by atoms with Crippen molar-refractivity contribution in [3.8, 4) is 11.3 Å². The molecule has 2 aliphatic heterocycles. The number of carbonyl (C=O) groups is 1. The standard InChI is InChI=1S/C24H18Cl2N4O4S/c25-15-5-7-18(26)17(13-15)21-8-6-16(34-21)14-22-23(31)27-24(35-22)29-11-9-28(10-12-29)19-3-1-2-4-20(19)30(32)33/h1-8,13-14H,9-12H2/b22-14+. The highest BCUT2D eigenvalue weighted by Crippen LogP contribution is 2.35. The van der Waals surface area contributed by atoms with Crippen molar-refractivity contribution in [3.63, 3.8) is 0 Å². The lowest BCUT2D eigenvalue weighted by atomic mass is 10.2. The predicted molar refractivity (Wildman–Crippen MR) is 139 cm³/mol. The molecule has 1 aromatic heterocycles. The van der Waals surface area contributed by atoms with Crippen LogP contribution in [0.3, 0.4) is 0 Å². The first-order valence-electron chi connectivity index (χ1n) is 10.7. The highest BCUT2D eigenvalue weighted by Gasteiger charge is 2.30. The van der Waals surface area contributed by atoms with Gasteiger partial charge in [-0.1, -0.05) is 35.3 Å². The lowest BCUT2D eigenvalue weighted by Crippen LogP contribution is -2.48. The van der Waals surface area contributed by atoms with Gasteiger partial charge in [0.2, 0.25) is 0 Å². The van der Waals surface area contributed by atoms with Crippen molar-refractivity contribution in [3.05, 3.63) is 85.4 Å². The average molecular weight is 529 g/mol. The zero-order chi connectivity index (χ0) is 24.5. The van der Waals surface area contributed by atoms with Crippen molar-refractivity contribution in [1.29, 1.82) is 0 Å². The number of furan rings is 1. The summed E-state index contributed by atoms with van der Waals surface area (Å²) in [6.45, 7) is 2.35. The van der Waals surface area contributed by atoms with E-state index < -0.39 is 0 Å². The molecule has 0 N–H and O–H groups in total. The predicted octanol–water partition coefficient (Wildman–Crippen LogP) is 5.95. The summed E-state index contributed by atoms with van der Waals surface area (Å²) in [7, 11) is 0. The molecule has 0 bridgehead atoms. The van der Waals surface area contributed by atoms with E-state index in [1.54, 1.807) is 54.6 Å². The Labute approximate surface area is 215 Å². The second-order valence-corrected chi connectivity index (χ2v) is 9.71. The smallest absolute Gasteiger partial charge is 0.292 e. The molecule has 5 rings (SSSR count). The maximum atomic E-state index is 12.5. The van der Waals surface area contributed by atoms with Crippen molar-refractivity contribution in [2.75, 3.05) is 31.1 Å². The Balaban J connectivity index is 1.25.